The fourth-order valence-electron chi connectivity index (χ4n) is 2.30. The largest absolute Gasteiger partial charge is 0.478 e. The van der Waals surface area contributed by atoms with E-state index in [0.717, 1.165) is 10.9 Å². The van der Waals surface area contributed by atoms with E-state index in [2.05, 4.69) is 27.2 Å². The van der Waals surface area contributed by atoms with Gasteiger partial charge in [0.05, 0.1) is 11.1 Å². The number of hydrogen-bond acceptors (Lipinski definition) is 5. The van der Waals surface area contributed by atoms with Crippen molar-refractivity contribution < 1.29 is 9.90 Å². The molecule has 0 radical (unpaired) electrons. The molecular formula is C18H16N4O2. The van der Waals surface area contributed by atoms with E-state index in [-0.39, 0.29) is 5.56 Å². The summed E-state index contributed by atoms with van der Waals surface area (Å²) in [6.07, 6.45) is 1.75. The molecular weight excluding hydrogens is 304 g/mol. The minimum absolute atomic E-state index is 0.200. The molecule has 0 aliphatic carbocycles. The molecule has 0 amide bonds. The second-order valence-electron chi connectivity index (χ2n) is 5.09. The van der Waals surface area contributed by atoms with Crippen LogP contribution in [-0.2, 0) is 0 Å². The van der Waals surface area contributed by atoms with Crippen LogP contribution in [0.2, 0.25) is 0 Å². The molecule has 0 fully saturated rings. The fourth-order valence-corrected chi connectivity index (χ4v) is 2.30. The van der Waals surface area contributed by atoms with E-state index in [0.29, 0.717) is 24.0 Å². The molecule has 3 N–H and O–H groups in total. The summed E-state index contributed by atoms with van der Waals surface area (Å²) in [7, 11) is 0. The second kappa shape index (κ2) is 6.78. The molecule has 1 aromatic heterocycles. The molecule has 2 aromatic carbocycles. The lowest BCUT2D eigenvalue weighted by atomic mass is 10.2. The first-order valence-electron chi connectivity index (χ1n) is 7.39. The number of para-hydroxylation sites is 1. The van der Waals surface area contributed by atoms with Crippen LogP contribution in [-0.4, -0.2) is 27.6 Å². The Morgan fingerprint density at radius 3 is 2.79 bits per heavy atom. The number of aromatic nitrogens is 2. The average molecular weight is 320 g/mol. The molecule has 6 nitrogen and oxygen atoms in total. The topological polar surface area (TPSA) is 87.1 Å². The van der Waals surface area contributed by atoms with Gasteiger partial charge in [0, 0.05) is 17.6 Å². The Hall–Kier alpha value is -3.41. The monoisotopic (exact) mass is 320 g/mol. The molecule has 3 aromatic rings. The zero-order valence-corrected chi connectivity index (χ0v) is 12.9. The third-order valence-corrected chi connectivity index (χ3v) is 3.38. The van der Waals surface area contributed by atoms with Gasteiger partial charge < -0.3 is 15.7 Å². The van der Waals surface area contributed by atoms with Gasteiger partial charge in [0.1, 0.15) is 5.82 Å². The van der Waals surface area contributed by atoms with Crippen molar-refractivity contribution in [2.45, 2.75) is 0 Å². The van der Waals surface area contributed by atoms with Crippen LogP contribution in [0.5, 0.6) is 0 Å². The summed E-state index contributed by atoms with van der Waals surface area (Å²) in [6.45, 7) is 4.27. The summed E-state index contributed by atoms with van der Waals surface area (Å²) in [4.78, 5) is 20.0. The molecule has 0 aliphatic rings. The molecule has 24 heavy (non-hydrogen) atoms. The first-order valence-corrected chi connectivity index (χ1v) is 7.39. The zero-order valence-electron chi connectivity index (χ0n) is 12.9. The highest BCUT2D eigenvalue weighted by Crippen LogP contribution is 2.23. The van der Waals surface area contributed by atoms with Gasteiger partial charge in [-0.2, -0.15) is 4.98 Å². The van der Waals surface area contributed by atoms with Gasteiger partial charge in [0.25, 0.3) is 0 Å². The summed E-state index contributed by atoms with van der Waals surface area (Å²) in [5.41, 5.74) is 1.60. The Balaban J connectivity index is 1.98. The molecule has 0 saturated heterocycles. The van der Waals surface area contributed by atoms with Gasteiger partial charge in [-0.3, -0.25) is 0 Å². The molecule has 0 aliphatic heterocycles. The number of nitrogens with zero attached hydrogens (tertiary/aromatic N) is 2. The zero-order chi connectivity index (χ0) is 16.9. The second-order valence-corrected chi connectivity index (χ2v) is 5.09. The van der Waals surface area contributed by atoms with Crippen molar-refractivity contribution >= 4 is 34.3 Å². The summed E-state index contributed by atoms with van der Waals surface area (Å²) in [5.74, 6) is 0.103. The maximum atomic E-state index is 11.1. The smallest absolute Gasteiger partial charge is 0.335 e. The predicted molar refractivity (Wildman–Crippen MR) is 94.9 cm³/mol. The molecule has 0 saturated carbocycles. The van der Waals surface area contributed by atoms with Crippen molar-refractivity contribution in [3.05, 3.63) is 66.7 Å². The molecule has 1 heterocycles. The van der Waals surface area contributed by atoms with E-state index in [9.17, 15) is 4.79 Å². The summed E-state index contributed by atoms with van der Waals surface area (Å²) < 4.78 is 0. The van der Waals surface area contributed by atoms with Crippen LogP contribution in [0.1, 0.15) is 10.4 Å². The van der Waals surface area contributed by atoms with Crippen molar-refractivity contribution in [2.75, 3.05) is 17.2 Å². The molecule has 0 bridgehead atoms. The first kappa shape index (κ1) is 15.5. The fraction of sp³-hybridized carbons (Fsp3) is 0.0556. The Kier molecular flexibility index (Phi) is 4.38. The minimum Gasteiger partial charge on any atom is -0.478 e. The maximum Gasteiger partial charge on any atom is 0.335 e. The summed E-state index contributed by atoms with van der Waals surface area (Å²) in [6, 6.07) is 14.2. The van der Waals surface area contributed by atoms with Crippen LogP contribution in [0, 0.1) is 0 Å². The molecule has 0 unspecified atom stereocenters. The van der Waals surface area contributed by atoms with E-state index in [1.807, 2.05) is 24.3 Å². The van der Waals surface area contributed by atoms with Crippen LogP contribution < -0.4 is 10.6 Å². The van der Waals surface area contributed by atoms with Crippen LogP contribution in [0.4, 0.5) is 17.5 Å². The van der Waals surface area contributed by atoms with E-state index >= 15 is 0 Å². The van der Waals surface area contributed by atoms with Gasteiger partial charge in [0.15, 0.2) is 0 Å². The lowest BCUT2D eigenvalue weighted by Crippen LogP contribution is -2.05. The standard InChI is InChI=1S/C18H16N4O2/c1-2-10-19-16-14-8-3-4-9-15(14)21-18(22-16)20-13-7-5-6-12(11-13)17(23)24/h2-9,11H,1,10H2,(H,23,24)(H2,19,20,21,22). The van der Waals surface area contributed by atoms with Gasteiger partial charge >= 0.3 is 5.97 Å². The molecule has 120 valence electrons. The number of carboxylic acid groups (broad SMARTS) is 1. The van der Waals surface area contributed by atoms with Crippen molar-refractivity contribution in [3.8, 4) is 0 Å². The van der Waals surface area contributed by atoms with Gasteiger partial charge in [-0.05, 0) is 30.3 Å². The molecule has 0 atom stereocenters. The van der Waals surface area contributed by atoms with E-state index in [4.69, 9.17) is 5.11 Å². The Morgan fingerprint density at radius 2 is 2.00 bits per heavy atom. The molecule has 0 spiro atoms. The van der Waals surface area contributed by atoms with E-state index in [1.165, 1.54) is 12.1 Å². The Labute approximate surface area is 138 Å². The van der Waals surface area contributed by atoms with Crippen LogP contribution in [0.3, 0.4) is 0 Å². The third-order valence-electron chi connectivity index (χ3n) is 3.38. The van der Waals surface area contributed by atoms with Crippen LogP contribution in [0.25, 0.3) is 10.9 Å². The van der Waals surface area contributed by atoms with Crippen LogP contribution in [0.15, 0.2) is 61.2 Å². The lowest BCUT2D eigenvalue weighted by Gasteiger charge is -2.11. The normalized spacial score (nSPS) is 10.3. The number of benzene rings is 2. The number of carbonyl (C=O) groups is 1. The number of fused-ring (bicyclic) bond motifs is 1. The molecule has 3 rings (SSSR count). The quantitative estimate of drug-likeness (QED) is 0.601. The van der Waals surface area contributed by atoms with Crippen LogP contribution >= 0.6 is 0 Å². The number of hydrogen-bond donors (Lipinski definition) is 3. The van der Waals surface area contributed by atoms with Crippen molar-refractivity contribution in [1.82, 2.24) is 9.97 Å². The van der Waals surface area contributed by atoms with E-state index in [1.54, 1.807) is 18.2 Å². The number of anilines is 3. The van der Waals surface area contributed by atoms with Crippen molar-refractivity contribution in [3.63, 3.8) is 0 Å². The van der Waals surface area contributed by atoms with Gasteiger partial charge in [0.2, 0.25) is 5.95 Å². The SMILES string of the molecule is C=CCNc1nc(Nc2cccc(C(=O)O)c2)nc2ccccc12. The van der Waals surface area contributed by atoms with Crippen molar-refractivity contribution in [2.24, 2.45) is 0 Å². The van der Waals surface area contributed by atoms with Gasteiger partial charge in [-0.25, -0.2) is 9.78 Å². The number of rotatable bonds is 6. The third kappa shape index (κ3) is 3.33. The summed E-state index contributed by atoms with van der Waals surface area (Å²) in [5, 5.41) is 16.2. The Morgan fingerprint density at radius 1 is 1.17 bits per heavy atom. The highest BCUT2D eigenvalue weighted by Gasteiger charge is 2.08. The Bertz CT molecular complexity index is 908. The predicted octanol–water partition coefficient (Wildman–Crippen LogP) is 3.67. The highest BCUT2D eigenvalue weighted by molar-refractivity contribution is 5.91. The number of carboxylic acids is 1. The maximum absolute atomic E-state index is 11.1. The number of nitrogens with one attached hydrogen (secondary N) is 2. The van der Waals surface area contributed by atoms with E-state index < -0.39 is 5.97 Å². The molecule has 6 heteroatoms. The average Bonchev–Trinajstić information content (AvgIpc) is 2.60. The first-order chi connectivity index (χ1) is 11.7. The minimum atomic E-state index is -0.980. The van der Waals surface area contributed by atoms with Gasteiger partial charge in [-0.15, -0.1) is 6.58 Å². The highest BCUT2D eigenvalue weighted by atomic mass is 16.4. The number of aromatic carboxylic acids is 1. The lowest BCUT2D eigenvalue weighted by molar-refractivity contribution is 0.0697. The summed E-state index contributed by atoms with van der Waals surface area (Å²) >= 11 is 0. The van der Waals surface area contributed by atoms with Crippen molar-refractivity contribution in [1.29, 1.82) is 0 Å². The van der Waals surface area contributed by atoms with Gasteiger partial charge in [-0.1, -0.05) is 24.3 Å².